The number of unbranched alkanes of at least 4 members (excludes halogenated alkanes) is 1. The second kappa shape index (κ2) is 13.3. The first-order valence-electron chi connectivity index (χ1n) is 14.1. The van der Waals surface area contributed by atoms with Crippen LogP contribution < -0.4 is 5.73 Å². The van der Waals surface area contributed by atoms with Gasteiger partial charge in [-0.25, -0.2) is 4.39 Å². The van der Waals surface area contributed by atoms with E-state index in [0.29, 0.717) is 62.2 Å². The standard InChI is InChI=1S/C33H41FN2O3/c1-3-24-9-6-11-26(21-24)31-29(13-8-14-30(31)34)33(38,17-4-5-20-39-2)28-15-18-36(19-16-28)32(37)27-12-7-10-25(22-27)23-35/h6-14,21-22,28,38H,3-5,15-20,23,35H2,1-2H3. The molecule has 1 atom stereocenters. The number of likely N-dealkylation sites (tertiary alicyclic amines) is 1. The quantitative estimate of drug-likeness (QED) is 0.294. The smallest absolute Gasteiger partial charge is 0.253 e. The number of ether oxygens (including phenoxy) is 1. The Balaban J connectivity index is 1.63. The minimum atomic E-state index is -1.23. The molecule has 1 amide bonds. The van der Waals surface area contributed by atoms with Crippen molar-refractivity contribution in [1.29, 1.82) is 0 Å². The van der Waals surface area contributed by atoms with E-state index in [2.05, 4.69) is 6.92 Å². The SMILES string of the molecule is CCc1cccc(-c2c(F)cccc2C(O)(CCCCOC)C2CCN(C(=O)c3cccc(CN)c3)CC2)c1. The Morgan fingerprint density at radius 1 is 1.05 bits per heavy atom. The molecule has 0 spiro atoms. The largest absolute Gasteiger partial charge is 0.385 e. The lowest BCUT2D eigenvalue weighted by atomic mass is 9.71. The lowest BCUT2D eigenvalue weighted by Crippen LogP contribution is -2.45. The molecule has 3 aromatic carbocycles. The van der Waals surface area contributed by atoms with Crippen molar-refractivity contribution in [2.45, 2.75) is 57.6 Å². The van der Waals surface area contributed by atoms with Gasteiger partial charge in [0.05, 0.1) is 5.60 Å². The molecule has 39 heavy (non-hydrogen) atoms. The van der Waals surface area contributed by atoms with Gasteiger partial charge >= 0.3 is 0 Å². The van der Waals surface area contributed by atoms with Gasteiger partial charge < -0.3 is 20.5 Å². The average molecular weight is 533 g/mol. The van der Waals surface area contributed by atoms with Crippen molar-refractivity contribution in [1.82, 2.24) is 4.90 Å². The fourth-order valence-corrected chi connectivity index (χ4v) is 5.90. The molecule has 0 aliphatic carbocycles. The van der Waals surface area contributed by atoms with Gasteiger partial charge in [0.2, 0.25) is 0 Å². The lowest BCUT2D eigenvalue weighted by Gasteiger charge is -2.43. The van der Waals surface area contributed by atoms with Crippen molar-refractivity contribution in [2.24, 2.45) is 11.7 Å². The number of carbonyl (C=O) groups is 1. The van der Waals surface area contributed by atoms with E-state index in [9.17, 15) is 9.90 Å². The Hall–Kier alpha value is -3.06. The zero-order valence-corrected chi connectivity index (χ0v) is 23.2. The van der Waals surface area contributed by atoms with Crippen molar-refractivity contribution < 1.29 is 19.0 Å². The van der Waals surface area contributed by atoms with Crippen molar-refractivity contribution in [2.75, 3.05) is 26.8 Å². The maximum Gasteiger partial charge on any atom is 0.253 e. The van der Waals surface area contributed by atoms with Crippen molar-refractivity contribution >= 4 is 5.91 Å². The molecule has 1 aliphatic rings. The highest BCUT2D eigenvalue weighted by molar-refractivity contribution is 5.94. The minimum absolute atomic E-state index is 0.0183. The minimum Gasteiger partial charge on any atom is -0.385 e. The Morgan fingerprint density at radius 2 is 1.77 bits per heavy atom. The van der Waals surface area contributed by atoms with Gasteiger partial charge in [0.15, 0.2) is 0 Å². The first-order valence-corrected chi connectivity index (χ1v) is 14.1. The molecule has 4 rings (SSSR count). The first kappa shape index (κ1) is 28.9. The van der Waals surface area contributed by atoms with E-state index in [1.807, 2.05) is 59.5 Å². The number of piperidine rings is 1. The van der Waals surface area contributed by atoms with Crippen LogP contribution in [0, 0.1) is 11.7 Å². The molecular formula is C33H41FN2O3. The third kappa shape index (κ3) is 6.57. The van der Waals surface area contributed by atoms with Gasteiger partial charge in [0.25, 0.3) is 5.91 Å². The number of aryl methyl sites for hydroxylation is 1. The van der Waals surface area contributed by atoms with Gasteiger partial charge in [0.1, 0.15) is 5.82 Å². The predicted molar refractivity (Wildman–Crippen MR) is 154 cm³/mol. The second-order valence-corrected chi connectivity index (χ2v) is 10.6. The Labute approximate surface area is 231 Å². The van der Waals surface area contributed by atoms with Crippen LogP contribution in [0.2, 0.25) is 0 Å². The zero-order valence-electron chi connectivity index (χ0n) is 23.2. The Bertz CT molecular complexity index is 1260. The normalized spacial score (nSPS) is 15.8. The summed E-state index contributed by atoms with van der Waals surface area (Å²) in [6.07, 6.45) is 4.17. The highest BCUT2D eigenvalue weighted by atomic mass is 19.1. The molecule has 1 fully saturated rings. The van der Waals surface area contributed by atoms with Crippen LogP contribution in [0.15, 0.2) is 66.7 Å². The van der Waals surface area contributed by atoms with E-state index in [1.165, 1.54) is 6.07 Å². The first-order chi connectivity index (χ1) is 18.9. The highest BCUT2D eigenvalue weighted by Gasteiger charge is 2.42. The number of aliphatic hydroxyl groups is 1. The van der Waals surface area contributed by atoms with Gasteiger partial charge in [-0.2, -0.15) is 0 Å². The molecule has 3 N–H and O–H groups in total. The van der Waals surface area contributed by atoms with Gasteiger partial charge in [-0.3, -0.25) is 4.79 Å². The average Bonchev–Trinajstić information content (AvgIpc) is 2.98. The number of nitrogens with two attached hydrogens (primary N) is 1. The Kier molecular flexibility index (Phi) is 9.89. The number of halogens is 1. The van der Waals surface area contributed by atoms with Gasteiger partial charge in [-0.05, 0) is 84.9 Å². The fraction of sp³-hybridized carbons (Fsp3) is 0.424. The lowest BCUT2D eigenvalue weighted by molar-refractivity contribution is -0.0551. The molecule has 0 aromatic heterocycles. The molecule has 1 saturated heterocycles. The monoisotopic (exact) mass is 532 g/mol. The Morgan fingerprint density at radius 3 is 2.49 bits per heavy atom. The van der Waals surface area contributed by atoms with Crippen LogP contribution in [0.1, 0.15) is 66.1 Å². The third-order valence-corrected chi connectivity index (χ3v) is 8.13. The molecule has 6 heteroatoms. The maximum atomic E-state index is 15.5. The molecular weight excluding hydrogens is 491 g/mol. The molecule has 1 heterocycles. The molecule has 0 radical (unpaired) electrons. The highest BCUT2D eigenvalue weighted by Crippen LogP contribution is 2.45. The summed E-state index contributed by atoms with van der Waals surface area (Å²) in [5.74, 6) is -0.465. The third-order valence-electron chi connectivity index (χ3n) is 8.13. The summed E-state index contributed by atoms with van der Waals surface area (Å²) in [5, 5.41) is 12.5. The summed E-state index contributed by atoms with van der Waals surface area (Å²) in [6, 6.07) is 20.4. The van der Waals surface area contributed by atoms with Gasteiger partial charge in [-0.1, -0.05) is 55.5 Å². The van der Waals surface area contributed by atoms with E-state index >= 15 is 4.39 Å². The predicted octanol–water partition coefficient (Wildman–Crippen LogP) is 6.07. The molecule has 0 bridgehead atoms. The van der Waals surface area contributed by atoms with Crippen molar-refractivity contribution in [3.8, 4) is 11.1 Å². The van der Waals surface area contributed by atoms with Crippen molar-refractivity contribution in [3.63, 3.8) is 0 Å². The van der Waals surface area contributed by atoms with Crippen LogP contribution in [0.3, 0.4) is 0 Å². The number of methoxy groups -OCH3 is 1. The number of hydrogen-bond donors (Lipinski definition) is 2. The number of carbonyl (C=O) groups excluding carboxylic acids is 1. The van der Waals surface area contributed by atoms with Crippen LogP contribution in [0.25, 0.3) is 11.1 Å². The number of rotatable bonds is 11. The summed E-state index contributed by atoms with van der Waals surface area (Å²) >= 11 is 0. The number of nitrogens with zero attached hydrogens (tertiary/aromatic N) is 1. The summed E-state index contributed by atoms with van der Waals surface area (Å²) in [7, 11) is 1.67. The van der Waals surface area contributed by atoms with E-state index in [4.69, 9.17) is 10.5 Å². The molecule has 5 nitrogen and oxygen atoms in total. The summed E-state index contributed by atoms with van der Waals surface area (Å²) in [4.78, 5) is 15.1. The molecule has 0 saturated carbocycles. The number of amides is 1. The maximum absolute atomic E-state index is 15.5. The molecule has 1 aliphatic heterocycles. The zero-order chi connectivity index (χ0) is 27.8. The molecule has 3 aromatic rings. The van der Waals surface area contributed by atoms with Crippen molar-refractivity contribution in [3.05, 3.63) is 94.8 Å². The molecule has 208 valence electrons. The van der Waals surface area contributed by atoms with E-state index in [0.717, 1.165) is 36.0 Å². The summed E-state index contributed by atoms with van der Waals surface area (Å²) in [5.41, 5.74) is 9.10. The molecule has 1 unspecified atom stereocenters. The van der Waals surface area contributed by atoms with Gasteiger partial charge in [-0.15, -0.1) is 0 Å². The van der Waals surface area contributed by atoms with E-state index in [1.54, 1.807) is 13.2 Å². The second-order valence-electron chi connectivity index (χ2n) is 10.6. The van der Waals surface area contributed by atoms with E-state index < -0.39 is 5.60 Å². The topological polar surface area (TPSA) is 75.8 Å². The van der Waals surface area contributed by atoms with Crippen LogP contribution >= 0.6 is 0 Å². The number of benzene rings is 3. The number of hydrogen-bond acceptors (Lipinski definition) is 4. The summed E-state index contributed by atoms with van der Waals surface area (Å²) in [6.45, 7) is 4.14. The van der Waals surface area contributed by atoms with Crippen LogP contribution in [-0.4, -0.2) is 42.7 Å². The fourth-order valence-electron chi connectivity index (χ4n) is 5.90. The van der Waals surface area contributed by atoms with Gasteiger partial charge in [0, 0.05) is 44.5 Å². The van der Waals surface area contributed by atoms with Crippen LogP contribution in [0.4, 0.5) is 4.39 Å². The van der Waals surface area contributed by atoms with Crippen LogP contribution in [0.5, 0.6) is 0 Å². The van der Waals surface area contributed by atoms with Crippen LogP contribution in [-0.2, 0) is 23.3 Å². The van der Waals surface area contributed by atoms with E-state index in [-0.39, 0.29) is 17.6 Å². The summed E-state index contributed by atoms with van der Waals surface area (Å²) < 4.78 is 20.8.